The molecule has 1 saturated heterocycles. The van der Waals surface area contributed by atoms with Crippen molar-refractivity contribution in [3.8, 4) is 0 Å². The zero-order valence-corrected chi connectivity index (χ0v) is 13.6. The summed E-state index contributed by atoms with van der Waals surface area (Å²) in [6, 6.07) is 13.7. The highest BCUT2D eigenvalue weighted by Gasteiger charge is 2.44. The smallest absolute Gasteiger partial charge is 0.412 e. The molecular weight excluding hydrogens is 328 g/mol. The molecule has 3 rings (SSSR count). The summed E-state index contributed by atoms with van der Waals surface area (Å²) in [7, 11) is 0. The van der Waals surface area contributed by atoms with Gasteiger partial charge in [0.2, 0.25) is 0 Å². The number of carboxylic acids is 1. The fraction of sp³-hybridized carbons (Fsp3) is 0.235. The first-order valence-electron chi connectivity index (χ1n) is 7.41. The normalized spacial score (nSPS) is 19.9. The van der Waals surface area contributed by atoms with Gasteiger partial charge < -0.3 is 9.84 Å². The van der Waals surface area contributed by atoms with E-state index in [0.717, 1.165) is 5.56 Å². The summed E-state index contributed by atoms with van der Waals surface area (Å²) in [5.41, 5.74) is 1.49. The van der Waals surface area contributed by atoms with Gasteiger partial charge in [-0.2, -0.15) is 0 Å². The summed E-state index contributed by atoms with van der Waals surface area (Å²) in [5.74, 6) is -0.741. The quantitative estimate of drug-likeness (QED) is 0.919. The summed E-state index contributed by atoms with van der Waals surface area (Å²) in [4.78, 5) is 29.5. The van der Waals surface area contributed by atoms with Gasteiger partial charge in [0.05, 0.1) is 5.69 Å². The minimum absolute atomic E-state index is 0.0993. The Morgan fingerprint density at radius 2 is 1.96 bits per heavy atom. The summed E-state index contributed by atoms with van der Waals surface area (Å²) < 4.78 is 5.33. The van der Waals surface area contributed by atoms with E-state index in [0.29, 0.717) is 11.4 Å². The van der Waals surface area contributed by atoms with Crippen LogP contribution in [0.4, 0.5) is 4.79 Å². The number of carboxylic acid groups (broad SMARTS) is 1. The molecule has 2 aromatic rings. The van der Waals surface area contributed by atoms with Crippen LogP contribution in [0, 0.1) is 0 Å². The van der Waals surface area contributed by atoms with Crippen molar-refractivity contribution in [3.05, 3.63) is 66.0 Å². The summed E-state index contributed by atoms with van der Waals surface area (Å²) in [5, 5.41) is 8.94. The van der Waals surface area contributed by atoms with Crippen molar-refractivity contribution < 1.29 is 19.4 Å². The molecule has 7 heteroatoms. The van der Waals surface area contributed by atoms with Crippen molar-refractivity contribution in [2.24, 2.45) is 0 Å². The number of hydrogen-bond acceptors (Lipinski definition) is 5. The third kappa shape index (κ3) is 3.51. The maximum atomic E-state index is 12.5. The second kappa shape index (κ2) is 7.35. The van der Waals surface area contributed by atoms with E-state index in [1.54, 1.807) is 18.3 Å². The van der Waals surface area contributed by atoms with Crippen molar-refractivity contribution in [1.29, 1.82) is 0 Å². The molecular formula is C17H16N2O4S. The van der Waals surface area contributed by atoms with Gasteiger partial charge in [0, 0.05) is 11.9 Å². The number of carbonyl (C=O) groups is 2. The standard InChI is InChI=1S/C17H16N2O4S/c20-16(21)14-11-24-15(13-8-4-5-9-18-13)19(14)17(22)23-10-12-6-2-1-3-7-12/h1-9,14-15H,10-11H2,(H,20,21)/t14?,15-/m1/s1. The number of aromatic nitrogens is 1. The second-order valence-electron chi connectivity index (χ2n) is 5.24. The van der Waals surface area contributed by atoms with E-state index >= 15 is 0 Å². The molecule has 1 aromatic heterocycles. The molecule has 1 aromatic carbocycles. The molecule has 0 radical (unpaired) electrons. The van der Waals surface area contributed by atoms with Gasteiger partial charge in [0.15, 0.2) is 0 Å². The zero-order chi connectivity index (χ0) is 16.9. The van der Waals surface area contributed by atoms with E-state index < -0.39 is 23.5 Å². The second-order valence-corrected chi connectivity index (χ2v) is 6.35. The fourth-order valence-corrected chi connectivity index (χ4v) is 3.83. The minimum atomic E-state index is -1.04. The van der Waals surface area contributed by atoms with E-state index in [1.165, 1.54) is 16.7 Å². The van der Waals surface area contributed by atoms with Crippen molar-refractivity contribution >= 4 is 23.8 Å². The highest BCUT2D eigenvalue weighted by atomic mass is 32.2. The third-order valence-electron chi connectivity index (χ3n) is 3.64. The lowest BCUT2D eigenvalue weighted by atomic mass is 10.2. The molecule has 0 aliphatic carbocycles. The Morgan fingerprint density at radius 1 is 1.21 bits per heavy atom. The first-order chi connectivity index (χ1) is 11.7. The number of carbonyl (C=O) groups excluding carboxylic acids is 1. The van der Waals surface area contributed by atoms with Crippen molar-refractivity contribution in [2.45, 2.75) is 18.0 Å². The van der Waals surface area contributed by atoms with Crippen LogP contribution in [-0.4, -0.2) is 38.8 Å². The van der Waals surface area contributed by atoms with Gasteiger partial charge in [-0.25, -0.2) is 9.59 Å². The summed E-state index contributed by atoms with van der Waals surface area (Å²) in [6.07, 6.45) is 0.976. The molecule has 6 nitrogen and oxygen atoms in total. The van der Waals surface area contributed by atoms with Crippen molar-refractivity contribution in [2.75, 3.05) is 5.75 Å². The lowest BCUT2D eigenvalue weighted by molar-refractivity contribution is -0.141. The Balaban J connectivity index is 1.77. The zero-order valence-electron chi connectivity index (χ0n) is 12.7. The van der Waals surface area contributed by atoms with E-state index in [2.05, 4.69) is 4.98 Å². The number of hydrogen-bond donors (Lipinski definition) is 1. The lowest BCUT2D eigenvalue weighted by Gasteiger charge is -2.26. The number of pyridine rings is 1. The number of aliphatic carboxylic acids is 1. The molecule has 24 heavy (non-hydrogen) atoms. The van der Waals surface area contributed by atoms with Crippen LogP contribution in [-0.2, 0) is 16.1 Å². The molecule has 1 aliphatic rings. The van der Waals surface area contributed by atoms with Gasteiger partial charge >= 0.3 is 12.1 Å². The van der Waals surface area contributed by atoms with Crippen LogP contribution in [0.25, 0.3) is 0 Å². The largest absolute Gasteiger partial charge is 0.480 e. The van der Waals surface area contributed by atoms with Crippen LogP contribution in [0.5, 0.6) is 0 Å². The fourth-order valence-electron chi connectivity index (χ4n) is 2.46. The van der Waals surface area contributed by atoms with Gasteiger partial charge in [-0.05, 0) is 17.7 Å². The molecule has 0 bridgehead atoms. The van der Waals surface area contributed by atoms with Crippen LogP contribution in [0.15, 0.2) is 54.7 Å². The Bertz CT molecular complexity index is 711. The van der Waals surface area contributed by atoms with Gasteiger partial charge in [0.1, 0.15) is 18.0 Å². The Hall–Kier alpha value is -2.54. The van der Waals surface area contributed by atoms with E-state index in [9.17, 15) is 14.7 Å². The molecule has 124 valence electrons. The molecule has 1 amide bonds. The SMILES string of the molecule is O=C(O)C1CS[C@H](c2ccccn2)N1C(=O)OCc1ccccc1. The Kier molecular flexibility index (Phi) is 5.00. The average Bonchev–Trinajstić information content (AvgIpc) is 3.07. The molecule has 2 atom stereocenters. The van der Waals surface area contributed by atoms with Gasteiger partial charge in [0.25, 0.3) is 0 Å². The third-order valence-corrected chi connectivity index (χ3v) is 4.93. The average molecular weight is 344 g/mol. The number of thioether (sulfide) groups is 1. The minimum Gasteiger partial charge on any atom is -0.480 e. The van der Waals surface area contributed by atoms with Crippen LogP contribution in [0.3, 0.4) is 0 Å². The van der Waals surface area contributed by atoms with Gasteiger partial charge in [-0.1, -0.05) is 36.4 Å². The molecule has 0 saturated carbocycles. The maximum Gasteiger partial charge on any atom is 0.412 e. The molecule has 1 N–H and O–H groups in total. The van der Waals surface area contributed by atoms with E-state index in [-0.39, 0.29) is 6.61 Å². The Morgan fingerprint density at radius 3 is 2.62 bits per heavy atom. The van der Waals surface area contributed by atoms with Crippen LogP contribution < -0.4 is 0 Å². The molecule has 1 unspecified atom stereocenters. The van der Waals surface area contributed by atoms with Gasteiger partial charge in [-0.15, -0.1) is 11.8 Å². The van der Waals surface area contributed by atoms with Crippen LogP contribution in [0.2, 0.25) is 0 Å². The molecule has 2 heterocycles. The number of ether oxygens (including phenoxy) is 1. The predicted octanol–water partition coefficient (Wildman–Crippen LogP) is 2.92. The maximum absolute atomic E-state index is 12.5. The number of benzene rings is 1. The number of nitrogens with zero attached hydrogens (tertiary/aromatic N) is 2. The topological polar surface area (TPSA) is 79.7 Å². The lowest BCUT2D eigenvalue weighted by Crippen LogP contribution is -2.43. The van der Waals surface area contributed by atoms with Crippen LogP contribution in [0.1, 0.15) is 16.6 Å². The number of rotatable bonds is 4. The van der Waals surface area contributed by atoms with Crippen molar-refractivity contribution in [3.63, 3.8) is 0 Å². The van der Waals surface area contributed by atoms with Crippen molar-refractivity contribution in [1.82, 2.24) is 9.88 Å². The van der Waals surface area contributed by atoms with E-state index in [4.69, 9.17) is 4.74 Å². The highest BCUT2D eigenvalue weighted by Crippen LogP contribution is 2.41. The highest BCUT2D eigenvalue weighted by molar-refractivity contribution is 7.99. The summed E-state index contributed by atoms with van der Waals surface area (Å²) in [6.45, 7) is 0.0993. The predicted molar refractivity (Wildman–Crippen MR) is 89.3 cm³/mol. The molecule has 1 fully saturated rings. The molecule has 0 spiro atoms. The first-order valence-corrected chi connectivity index (χ1v) is 8.46. The Labute approximate surface area is 143 Å². The summed E-state index contributed by atoms with van der Waals surface area (Å²) >= 11 is 1.37. The monoisotopic (exact) mass is 344 g/mol. The van der Waals surface area contributed by atoms with E-state index in [1.807, 2.05) is 36.4 Å². The molecule has 1 aliphatic heterocycles. The van der Waals surface area contributed by atoms with Gasteiger partial charge in [-0.3, -0.25) is 9.88 Å². The number of amides is 1. The first kappa shape index (κ1) is 16.3. The van der Waals surface area contributed by atoms with Crippen LogP contribution >= 0.6 is 11.8 Å².